The number of piperazine rings is 1. The number of piperidine rings is 1. The van der Waals surface area contributed by atoms with Gasteiger partial charge in [0.05, 0.1) is 18.3 Å². The monoisotopic (exact) mass is 310 g/mol. The summed E-state index contributed by atoms with van der Waals surface area (Å²) in [7, 11) is 0. The number of hydrogen-bond donors (Lipinski definition) is 0. The second kappa shape index (κ2) is 4.65. The van der Waals surface area contributed by atoms with Crippen LogP contribution in [0.4, 0.5) is 15.9 Å². The van der Waals surface area contributed by atoms with Gasteiger partial charge in [0.25, 0.3) is 0 Å². The number of anilines is 2. The molecule has 3 aromatic rings. The topological polar surface area (TPSA) is 49.6 Å². The minimum atomic E-state index is -0.427. The Hall–Kier alpha value is -2.70. The van der Waals surface area contributed by atoms with Gasteiger partial charge in [-0.05, 0) is 18.6 Å². The fraction of sp³-hybridized carbons (Fsp3) is 0.312. The molecule has 0 radical (unpaired) electrons. The van der Waals surface area contributed by atoms with Crippen LogP contribution in [-0.2, 0) is 0 Å². The van der Waals surface area contributed by atoms with Crippen molar-refractivity contribution in [3.05, 3.63) is 48.9 Å². The zero-order chi connectivity index (χ0) is 15.4. The molecule has 6 nitrogen and oxygen atoms in total. The Morgan fingerprint density at radius 1 is 1.04 bits per heavy atom. The molecule has 3 fully saturated rings. The molecule has 3 saturated heterocycles. The zero-order valence-electron chi connectivity index (χ0n) is 12.4. The van der Waals surface area contributed by atoms with E-state index in [9.17, 15) is 4.39 Å². The van der Waals surface area contributed by atoms with Crippen LogP contribution in [0.25, 0.3) is 5.52 Å². The maximum Gasteiger partial charge on any atom is 0.214 e. The van der Waals surface area contributed by atoms with E-state index >= 15 is 0 Å². The second-order valence-corrected chi connectivity index (χ2v) is 6.10. The maximum atomic E-state index is 13.3. The highest BCUT2D eigenvalue weighted by Crippen LogP contribution is 2.39. The molecule has 0 spiro atoms. The van der Waals surface area contributed by atoms with Gasteiger partial charge in [0.1, 0.15) is 5.52 Å². The summed E-state index contributed by atoms with van der Waals surface area (Å²) in [5.74, 6) is 0.566. The third-order valence-corrected chi connectivity index (χ3v) is 4.82. The van der Waals surface area contributed by atoms with Crippen molar-refractivity contribution in [3.8, 4) is 0 Å². The molecule has 2 atom stereocenters. The van der Waals surface area contributed by atoms with Gasteiger partial charge in [-0.25, -0.2) is 14.5 Å². The number of pyridine rings is 1. The fourth-order valence-corrected chi connectivity index (χ4v) is 3.80. The quantitative estimate of drug-likeness (QED) is 0.675. The molecule has 2 bridgehead atoms. The van der Waals surface area contributed by atoms with Crippen molar-refractivity contribution in [1.29, 1.82) is 0 Å². The molecule has 0 saturated carbocycles. The van der Waals surface area contributed by atoms with E-state index in [0.29, 0.717) is 12.1 Å². The van der Waals surface area contributed by atoms with Crippen LogP contribution in [0.2, 0.25) is 0 Å². The van der Waals surface area contributed by atoms with Gasteiger partial charge in [-0.3, -0.25) is 0 Å². The molecular weight excluding hydrogens is 295 g/mol. The zero-order valence-corrected chi connectivity index (χ0v) is 12.4. The highest BCUT2D eigenvalue weighted by Gasteiger charge is 2.46. The molecule has 7 heteroatoms. The number of rotatable bonds is 2. The Morgan fingerprint density at radius 3 is 2.74 bits per heavy atom. The third kappa shape index (κ3) is 1.89. The largest absolute Gasteiger partial charge is 0.367 e. The Balaban J connectivity index is 1.44. The second-order valence-electron chi connectivity index (χ2n) is 6.10. The lowest BCUT2D eigenvalue weighted by Crippen LogP contribution is -2.69. The van der Waals surface area contributed by atoms with Gasteiger partial charge in [-0.15, -0.1) is 0 Å². The molecule has 116 valence electrons. The first kappa shape index (κ1) is 12.8. The normalized spacial score (nSPS) is 23.2. The van der Waals surface area contributed by atoms with Crippen molar-refractivity contribution in [1.82, 2.24) is 19.6 Å². The fourth-order valence-electron chi connectivity index (χ4n) is 3.80. The van der Waals surface area contributed by atoms with Crippen molar-refractivity contribution in [3.63, 3.8) is 0 Å². The van der Waals surface area contributed by atoms with Crippen molar-refractivity contribution < 1.29 is 4.39 Å². The van der Waals surface area contributed by atoms with E-state index in [2.05, 4.69) is 24.9 Å². The number of hydrogen-bond acceptors (Lipinski definition) is 5. The molecule has 0 N–H and O–H groups in total. The van der Waals surface area contributed by atoms with Crippen LogP contribution < -0.4 is 9.80 Å². The molecule has 0 aromatic carbocycles. The lowest BCUT2D eigenvalue weighted by Gasteiger charge is -2.57. The van der Waals surface area contributed by atoms with Gasteiger partial charge in [0, 0.05) is 43.4 Å². The van der Waals surface area contributed by atoms with E-state index in [1.165, 1.54) is 12.3 Å². The highest BCUT2D eigenvalue weighted by molar-refractivity contribution is 5.71. The first-order chi connectivity index (χ1) is 11.3. The molecule has 6 rings (SSSR count). The summed E-state index contributed by atoms with van der Waals surface area (Å²) in [6.45, 7) is 1.74. The molecule has 3 aliphatic heterocycles. The molecule has 0 amide bonds. The number of halogens is 1. The smallest absolute Gasteiger partial charge is 0.214 e. The molecule has 0 aliphatic carbocycles. The van der Waals surface area contributed by atoms with Gasteiger partial charge in [-0.1, -0.05) is 0 Å². The maximum absolute atomic E-state index is 13.3. The Bertz CT molecular complexity index is 866. The Kier molecular flexibility index (Phi) is 2.59. The predicted octanol–water partition coefficient (Wildman–Crippen LogP) is 1.73. The van der Waals surface area contributed by atoms with Gasteiger partial charge < -0.3 is 9.80 Å². The van der Waals surface area contributed by atoms with Crippen LogP contribution in [0.15, 0.2) is 43.0 Å². The first-order valence-electron chi connectivity index (χ1n) is 7.73. The summed E-state index contributed by atoms with van der Waals surface area (Å²) in [5, 5.41) is 4.28. The summed E-state index contributed by atoms with van der Waals surface area (Å²) >= 11 is 0. The van der Waals surface area contributed by atoms with E-state index in [4.69, 9.17) is 0 Å². The van der Waals surface area contributed by atoms with Crippen molar-refractivity contribution in [2.75, 3.05) is 22.9 Å². The minimum absolute atomic E-state index is 0.401. The van der Waals surface area contributed by atoms with Crippen molar-refractivity contribution in [2.45, 2.75) is 18.5 Å². The van der Waals surface area contributed by atoms with Gasteiger partial charge in [0.2, 0.25) is 5.95 Å². The molecule has 3 aromatic heterocycles. The lowest BCUT2D eigenvalue weighted by molar-refractivity contribution is 0.289. The van der Waals surface area contributed by atoms with Crippen LogP contribution in [0.3, 0.4) is 0 Å². The lowest BCUT2D eigenvalue weighted by atomic mass is 9.87. The van der Waals surface area contributed by atoms with Crippen LogP contribution in [-0.4, -0.2) is 44.8 Å². The number of aromatic nitrogens is 4. The van der Waals surface area contributed by atoms with E-state index < -0.39 is 5.95 Å². The molecule has 2 unspecified atom stereocenters. The minimum Gasteiger partial charge on any atom is -0.367 e. The Morgan fingerprint density at radius 2 is 1.91 bits per heavy atom. The van der Waals surface area contributed by atoms with Crippen LogP contribution in [0, 0.1) is 5.95 Å². The summed E-state index contributed by atoms with van der Waals surface area (Å²) in [6.07, 6.45) is 8.13. The molecule has 23 heavy (non-hydrogen) atoms. The SMILES string of the molecule is Fc1cc(N2CC3CC(C2)N3c2nccn3nccc23)ccn1. The van der Waals surface area contributed by atoms with E-state index in [0.717, 1.165) is 36.5 Å². The summed E-state index contributed by atoms with van der Waals surface area (Å²) in [4.78, 5) is 12.8. The van der Waals surface area contributed by atoms with Crippen molar-refractivity contribution >= 4 is 17.0 Å². The standard InChI is InChI=1S/C16H15FN6/c17-15-8-11(1-3-18-15)21-9-12-7-13(10-21)23(12)16-14-2-4-20-22(14)6-5-19-16/h1-6,8,12-13H,7,9-10H2. The van der Waals surface area contributed by atoms with Crippen molar-refractivity contribution in [2.24, 2.45) is 0 Å². The molecule has 3 aliphatic rings. The molecular formula is C16H15FN6. The van der Waals surface area contributed by atoms with E-state index in [1.54, 1.807) is 12.4 Å². The number of nitrogens with zero attached hydrogens (tertiary/aromatic N) is 6. The average molecular weight is 310 g/mol. The van der Waals surface area contributed by atoms with Crippen LogP contribution in [0.1, 0.15) is 6.42 Å². The van der Waals surface area contributed by atoms with E-state index in [-0.39, 0.29) is 0 Å². The Labute approximate surface area is 132 Å². The summed E-state index contributed by atoms with van der Waals surface area (Å²) in [6, 6.07) is 6.17. The third-order valence-electron chi connectivity index (χ3n) is 4.82. The van der Waals surface area contributed by atoms with Crippen LogP contribution in [0.5, 0.6) is 0 Å². The predicted molar refractivity (Wildman–Crippen MR) is 84.1 cm³/mol. The highest BCUT2D eigenvalue weighted by atomic mass is 19.1. The summed E-state index contributed by atoms with van der Waals surface area (Å²) < 4.78 is 15.2. The first-order valence-corrected chi connectivity index (χ1v) is 7.73. The van der Waals surface area contributed by atoms with Crippen LogP contribution >= 0.6 is 0 Å². The average Bonchev–Trinajstić information content (AvgIpc) is 3.04. The van der Waals surface area contributed by atoms with E-state index in [1.807, 2.05) is 22.8 Å². The van der Waals surface area contributed by atoms with Gasteiger partial charge in [-0.2, -0.15) is 9.49 Å². The molecule has 6 heterocycles. The van der Waals surface area contributed by atoms with Gasteiger partial charge in [0.15, 0.2) is 5.82 Å². The number of fused-ring (bicyclic) bond motifs is 3. The van der Waals surface area contributed by atoms with Gasteiger partial charge >= 0.3 is 0 Å². The summed E-state index contributed by atoms with van der Waals surface area (Å²) in [5.41, 5.74) is 1.94.